The first-order valence-corrected chi connectivity index (χ1v) is 7.84. The van der Waals surface area contributed by atoms with Gasteiger partial charge in [0.1, 0.15) is 11.5 Å². The third kappa shape index (κ3) is 4.73. The predicted molar refractivity (Wildman–Crippen MR) is 94.6 cm³/mol. The molecule has 2 amide bonds. The number of nitrogens with two attached hydrogens (primary N) is 1. The number of ether oxygens (including phenoxy) is 2. The van der Waals surface area contributed by atoms with Gasteiger partial charge in [-0.05, 0) is 42.8 Å². The highest BCUT2D eigenvalue weighted by Crippen LogP contribution is 2.24. The van der Waals surface area contributed by atoms with E-state index in [1.807, 2.05) is 31.2 Å². The second-order valence-electron chi connectivity index (χ2n) is 5.65. The van der Waals surface area contributed by atoms with Crippen LogP contribution in [-0.4, -0.2) is 37.5 Å². The summed E-state index contributed by atoms with van der Waals surface area (Å²) >= 11 is 0. The van der Waals surface area contributed by atoms with Crippen LogP contribution in [0.3, 0.4) is 0 Å². The maximum atomic E-state index is 12.7. The number of carbonyl (C=O) groups excluding carboxylic acids is 2. The van der Waals surface area contributed by atoms with Gasteiger partial charge in [0.15, 0.2) is 6.61 Å². The lowest BCUT2D eigenvalue weighted by Crippen LogP contribution is -2.29. The van der Waals surface area contributed by atoms with Crippen molar-refractivity contribution in [1.82, 2.24) is 4.90 Å². The van der Waals surface area contributed by atoms with Crippen LogP contribution in [0.15, 0.2) is 48.5 Å². The van der Waals surface area contributed by atoms with Crippen LogP contribution in [0.1, 0.15) is 28.9 Å². The number of rotatable bonds is 7. The van der Waals surface area contributed by atoms with Gasteiger partial charge < -0.3 is 20.1 Å². The molecule has 132 valence electrons. The van der Waals surface area contributed by atoms with E-state index in [0.717, 1.165) is 11.3 Å². The van der Waals surface area contributed by atoms with E-state index in [4.69, 9.17) is 15.2 Å². The van der Waals surface area contributed by atoms with Crippen LogP contribution < -0.4 is 15.2 Å². The summed E-state index contributed by atoms with van der Waals surface area (Å²) in [5, 5.41) is 0. The molecule has 1 atom stereocenters. The third-order valence-corrected chi connectivity index (χ3v) is 3.96. The SMILES string of the molecule is COc1ccc(C(C)N(C)C(=O)c2cccc(OCC(N)=O)c2)cc1. The molecule has 2 aromatic carbocycles. The monoisotopic (exact) mass is 342 g/mol. The molecule has 6 heteroatoms. The average Bonchev–Trinajstić information content (AvgIpc) is 2.64. The second kappa shape index (κ2) is 8.19. The molecule has 0 aliphatic heterocycles. The fourth-order valence-electron chi connectivity index (χ4n) is 2.36. The number of hydrogen-bond donors (Lipinski definition) is 1. The van der Waals surface area contributed by atoms with Gasteiger partial charge in [0.25, 0.3) is 11.8 Å². The van der Waals surface area contributed by atoms with E-state index >= 15 is 0 Å². The van der Waals surface area contributed by atoms with Crippen molar-refractivity contribution in [2.75, 3.05) is 20.8 Å². The van der Waals surface area contributed by atoms with Gasteiger partial charge in [-0.15, -0.1) is 0 Å². The van der Waals surface area contributed by atoms with E-state index in [1.165, 1.54) is 0 Å². The molecule has 0 spiro atoms. The van der Waals surface area contributed by atoms with Gasteiger partial charge in [0.2, 0.25) is 0 Å². The molecule has 0 aliphatic carbocycles. The van der Waals surface area contributed by atoms with Crippen LogP contribution in [-0.2, 0) is 4.79 Å². The Labute approximate surface area is 147 Å². The fourth-order valence-corrected chi connectivity index (χ4v) is 2.36. The normalized spacial score (nSPS) is 11.5. The summed E-state index contributed by atoms with van der Waals surface area (Å²) in [4.78, 5) is 25.2. The zero-order valence-corrected chi connectivity index (χ0v) is 14.6. The Morgan fingerprint density at radius 1 is 1.12 bits per heavy atom. The van der Waals surface area contributed by atoms with Gasteiger partial charge in [-0.2, -0.15) is 0 Å². The number of carbonyl (C=O) groups is 2. The topological polar surface area (TPSA) is 81.9 Å². The Morgan fingerprint density at radius 3 is 2.40 bits per heavy atom. The van der Waals surface area contributed by atoms with Crippen molar-refractivity contribution in [2.24, 2.45) is 5.73 Å². The summed E-state index contributed by atoms with van der Waals surface area (Å²) in [5.41, 5.74) is 6.54. The van der Waals surface area contributed by atoms with Gasteiger partial charge >= 0.3 is 0 Å². The minimum atomic E-state index is -0.568. The van der Waals surface area contributed by atoms with Crippen LogP contribution >= 0.6 is 0 Å². The van der Waals surface area contributed by atoms with Crippen LogP contribution in [0.2, 0.25) is 0 Å². The quantitative estimate of drug-likeness (QED) is 0.837. The Kier molecular flexibility index (Phi) is 6.00. The molecule has 2 aromatic rings. The summed E-state index contributed by atoms with van der Waals surface area (Å²) in [6.07, 6.45) is 0. The Bertz CT molecular complexity index is 743. The molecule has 0 saturated heterocycles. The van der Waals surface area contributed by atoms with Gasteiger partial charge in [-0.3, -0.25) is 9.59 Å². The van der Waals surface area contributed by atoms with Crippen molar-refractivity contribution in [1.29, 1.82) is 0 Å². The van der Waals surface area contributed by atoms with E-state index < -0.39 is 5.91 Å². The Balaban J connectivity index is 2.12. The molecule has 0 aliphatic rings. The van der Waals surface area contributed by atoms with Gasteiger partial charge in [0.05, 0.1) is 13.2 Å². The fraction of sp³-hybridized carbons (Fsp3) is 0.263. The lowest BCUT2D eigenvalue weighted by atomic mass is 10.1. The van der Waals surface area contributed by atoms with Crippen LogP contribution in [0.4, 0.5) is 0 Å². The number of methoxy groups -OCH3 is 1. The first-order valence-electron chi connectivity index (χ1n) is 7.84. The van der Waals surface area contributed by atoms with Crippen LogP contribution in [0, 0.1) is 0 Å². The van der Waals surface area contributed by atoms with Crippen molar-refractivity contribution in [2.45, 2.75) is 13.0 Å². The molecule has 25 heavy (non-hydrogen) atoms. The first-order chi connectivity index (χ1) is 11.9. The number of benzene rings is 2. The maximum absolute atomic E-state index is 12.7. The summed E-state index contributed by atoms with van der Waals surface area (Å²) in [6, 6.07) is 14.2. The minimum absolute atomic E-state index is 0.117. The van der Waals surface area contributed by atoms with Crippen molar-refractivity contribution >= 4 is 11.8 Å². The predicted octanol–water partition coefficient (Wildman–Crippen LogP) is 2.39. The molecule has 0 saturated carbocycles. The highest BCUT2D eigenvalue weighted by atomic mass is 16.5. The van der Waals surface area contributed by atoms with Crippen molar-refractivity contribution < 1.29 is 19.1 Å². The van der Waals surface area contributed by atoms with Crippen molar-refractivity contribution in [3.63, 3.8) is 0 Å². The summed E-state index contributed by atoms with van der Waals surface area (Å²) in [7, 11) is 3.36. The van der Waals surface area contributed by atoms with Gasteiger partial charge in [-0.25, -0.2) is 0 Å². The van der Waals surface area contributed by atoms with E-state index in [9.17, 15) is 9.59 Å². The number of amides is 2. The lowest BCUT2D eigenvalue weighted by Gasteiger charge is -2.25. The van der Waals surface area contributed by atoms with E-state index in [2.05, 4.69) is 0 Å². The third-order valence-electron chi connectivity index (χ3n) is 3.96. The molecule has 1 unspecified atom stereocenters. The number of hydrogen-bond acceptors (Lipinski definition) is 4. The van der Waals surface area contributed by atoms with Gasteiger partial charge in [0, 0.05) is 12.6 Å². The Hall–Kier alpha value is -3.02. The minimum Gasteiger partial charge on any atom is -0.497 e. The molecule has 0 bridgehead atoms. The molecule has 2 rings (SSSR count). The van der Waals surface area contributed by atoms with E-state index in [0.29, 0.717) is 11.3 Å². The zero-order valence-electron chi connectivity index (χ0n) is 14.6. The van der Waals surface area contributed by atoms with Gasteiger partial charge in [-0.1, -0.05) is 18.2 Å². The Morgan fingerprint density at radius 2 is 1.80 bits per heavy atom. The van der Waals surface area contributed by atoms with Crippen molar-refractivity contribution in [3.05, 3.63) is 59.7 Å². The molecular weight excluding hydrogens is 320 g/mol. The summed E-state index contributed by atoms with van der Waals surface area (Å²) in [5.74, 6) is 0.481. The molecular formula is C19H22N2O4. The number of nitrogens with zero attached hydrogens (tertiary/aromatic N) is 1. The summed E-state index contributed by atoms with van der Waals surface area (Å²) < 4.78 is 10.4. The van der Waals surface area contributed by atoms with E-state index in [-0.39, 0.29) is 18.6 Å². The summed E-state index contributed by atoms with van der Waals surface area (Å²) in [6.45, 7) is 1.73. The molecule has 0 aromatic heterocycles. The second-order valence-corrected chi connectivity index (χ2v) is 5.65. The largest absolute Gasteiger partial charge is 0.497 e. The molecule has 6 nitrogen and oxygen atoms in total. The number of primary amides is 1. The lowest BCUT2D eigenvalue weighted by molar-refractivity contribution is -0.119. The molecule has 2 N–H and O–H groups in total. The maximum Gasteiger partial charge on any atom is 0.255 e. The highest BCUT2D eigenvalue weighted by Gasteiger charge is 2.19. The molecule has 0 radical (unpaired) electrons. The highest BCUT2D eigenvalue weighted by molar-refractivity contribution is 5.94. The standard InChI is InChI=1S/C19H22N2O4/c1-13(14-7-9-16(24-3)10-8-14)21(2)19(23)15-5-4-6-17(11-15)25-12-18(20)22/h4-11,13H,12H2,1-3H3,(H2,20,22). The average molecular weight is 342 g/mol. The van der Waals surface area contributed by atoms with Crippen molar-refractivity contribution in [3.8, 4) is 11.5 Å². The zero-order chi connectivity index (χ0) is 18.4. The first kappa shape index (κ1) is 18.3. The smallest absolute Gasteiger partial charge is 0.255 e. The van der Waals surface area contributed by atoms with Crippen LogP contribution in [0.25, 0.3) is 0 Å². The molecule has 0 heterocycles. The van der Waals surface area contributed by atoms with E-state index in [1.54, 1.807) is 43.3 Å². The van der Waals surface area contributed by atoms with Crippen LogP contribution in [0.5, 0.6) is 11.5 Å². The molecule has 0 fully saturated rings.